The minimum absolute atomic E-state index is 0.184. The van der Waals surface area contributed by atoms with Crippen molar-refractivity contribution in [1.29, 1.82) is 0 Å². The van der Waals surface area contributed by atoms with Crippen LogP contribution in [-0.4, -0.2) is 38.3 Å². The molecule has 1 aromatic carbocycles. The molecule has 1 aliphatic heterocycles. The summed E-state index contributed by atoms with van der Waals surface area (Å²) in [4.78, 5) is 11.9. The first-order valence-electron chi connectivity index (χ1n) is 7.44. The van der Waals surface area contributed by atoms with E-state index in [0.29, 0.717) is 25.2 Å². The zero-order valence-corrected chi connectivity index (χ0v) is 13.2. The van der Waals surface area contributed by atoms with Crippen molar-refractivity contribution >= 4 is 15.9 Å². The molecule has 0 aliphatic carbocycles. The van der Waals surface area contributed by atoms with Gasteiger partial charge in [-0.1, -0.05) is 12.8 Å². The number of hydrogen-bond donors (Lipinski definition) is 1. The summed E-state index contributed by atoms with van der Waals surface area (Å²) in [6.07, 6.45) is 4.00. The second-order valence-corrected chi connectivity index (χ2v) is 7.14. The van der Waals surface area contributed by atoms with Crippen LogP contribution in [-0.2, 0) is 10.0 Å². The molecule has 1 aromatic rings. The van der Waals surface area contributed by atoms with E-state index in [1.807, 2.05) is 6.92 Å². The van der Waals surface area contributed by atoms with Crippen LogP contribution < -0.4 is 5.32 Å². The lowest BCUT2D eigenvalue weighted by Crippen LogP contribution is -2.32. The van der Waals surface area contributed by atoms with Crippen molar-refractivity contribution in [3.63, 3.8) is 0 Å². The maximum Gasteiger partial charge on any atom is 0.251 e. The zero-order chi connectivity index (χ0) is 15.3. The van der Waals surface area contributed by atoms with E-state index in [1.54, 1.807) is 16.4 Å². The fraction of sp³-hybridized carbons (Fsp3) is 0.533. The average Bonchev–Trinajstić information content (AvgIpc) is 2.77. The monoisotopic (exact) mass is 310 g/mol. The van der Waals surface area contributed by atoms with Crippen LogP contribution in [0.4, 0.5) is 0 Å². The molecule has 116 valence electrons. The minimum atomic E-state index is -3.44. The molecule has 0 aromatic heterocycles. The molecule has 5 nitrogen and oxygen atoms in total. The quantitative estimate of drug-likeness (QED) is 0.925. The summed E-state index contributed by atoms with van der Waals surface area (Å²) in [5.74, 6) is -0.184. The van der Waals surface area contributed by atoms with Crippen LogP contribution in [0.5, 0.6) is 0 Å². The van der Waals surface area contributed by atoms with Gasteiger partial charge in [0.15, 0.2) is 0 Å². The van der Waals surface area contributed by atoms with Gasteiger partial charge in [-0.3, -0.25) is 4.79 Å². The Labute approximate surface area is 126 Å². The van der Waals surface area contributed by atoms with Gasteiger partial charge < -0.3 is 5.32 Å². The fourth-order valence-electron chi connectivity index (χ4n) is 2.47. The number of carbonyl (C=O) groups excluding carboxylic acids is 1. The Balaban J connectivity index is 2.18. The van der Waals surface area contributed by atoms with Gasteiger partial charge in [-0.2, -0.15) is 4.31 Å². The molecule has 0 atom stereocenters. The number of sulfonamides is 1. The highest BCUT2D eigenvalue weighted by atomic mass is 32.2. The molecule has 1 N–H and O–H groups in total. The maximum absolute atomic E-state index is 12.6. The molecule has 2 rings (SSSR count). The topological polar surface area (TPSA) is 66.5 Å². The Morgan fingerprint density at radius 1 is 1.10 bits per heavy atom. The molecule has 6 heteroatoms. The first-order chi connectivity index (χ1) is 10.1. The van der Waals surface area contributed by atoms with E-state index in [4.69, 9.17) is 0 Å². The number of nitrogens with zero attached hydrogens (tertiary/aromatic N) is 1. The summed E-state index contributed by atoms with van der Waals surface area (Å²) in [6.45, 7) is 3.56. The van der Waals surface area contributed by atoms with Crippen LogP contribution in [0, 0.1) is 0 Å². The highest BCUT2D eigenvalue weighted by molar-refractivity contribution is 7.89. The van der Waals surface area contributed by atoms with E-state index in [9.17, 15) is 13.2 Å². The Morgan fingerprint density at radius 2 is 1.67 bits per heavy atom. The molecular weight excluding hydrogens is 288 g/mol. The molecule has 1 heterocycles. The Kier molecular flexibility index (Phi) is 5.36. The van der Waals surface area contributed by atoms with Gasteiger partial charge in [-0.05, 0) is 44.0 Å². The summed E-state index contributed by atoms with van der Waals surface area (Å²) in [6, 6.07) is 6.17. The third-order valence-corrected chi connectivity index (χ3v) is 5.57. The number of rotatable bonds is 4. The third-order valence-electron chi connectivity index (χ3n) is 3.66. The highest BCUT2D eigenvalue weighted by Crippen LogP contribution is 2.20. The van der Waals surface area contributed by atoms with E-state index in [-0.39, 0.29) is 10.8 Å². The Hall–Kier alpha value is -1.40. The predicted octanol–water partition coefficient (Wildman–Crippen LogP) is 2.00. The van der Waals surface area contributed by atoms with Gasteiger partial charge in [-0.15, -0.1) is 0 Å². The van der Waals surface area contributed by atoms with E-state index in [2.05, 4.69) is 5.32 Å². The van der Waals surface area contributed by atoms with Gasteiger partial charge in [0, 0.05) is 25.2 Å². The largest absolute Gasteiger partial charge is 0.352 e. The molecule has 0 saturated carbocycles. The van der Waals surface area contributed by atoms with Crippen LogP contribution in [0.3, 0.4) is 0 Å². The van der Waals surface area contributed by atoms with Crippen molar-refractivity contribution < 1.29 is 13.2 Å². The summed E-state index contributed by atoms with van der Waals surface area (Å²) in [7, 11) is -3.44. The number of carbonyl (C=O) groups is 1. The van der Waals surface area contributed by atoms with Crippen LogP contribution in [0.15, 0.2) is 29.2 Å². The van der Waals surface area contributed by atoms with Gasteiger partial charge in [0.25, 0.3) is 5.91 Å². The maximum atomic E-state index is 12.6. The number of nitrogens with one attached hydrogen (secondary N) is 1. The van der Waals surface area contributed by atoms with Gasteiger partial charge >= 0.3 is 0 Å². The van der Waals surface area contributed by atoms with Crippen LogP contribution in [0.2, 0.25) is 0 Å². The third kappa shape index (κ3) is 3.83. The van der Waals surface area contributed by atoms with Crippen molar-refractivity contribution in [3.8, 4) is 0 Å². The van der Waals surface area contributed by atoms with Crippen LogP contribution in [0.1, 0.15) is 43.0 Å². The first kappa shape index (κ1) is 16.0. The highest BCUT2D eigenvalue weighted by Gasteiger charge is 2.25. The van der Waals surface area contributed by atoms with Crippen molar-refractivity contribution in [2.45, 2.75) is 37.5 Å². The minimum Gasteiger partial charge on any atom is -0.352 e. The van der Waals surface area contributed by atoms with Crippen LogP contribution >= 0.6 is 0 Å². The number of amides is 1. The summed E-state index contributed by atoms with van der Waals surface area (Å²) in [5.41, 5.74) is 0.478. The SMILES string of the molecule is CCNC(=O)c1ccc(S(=O)(=O)N2CCCCCC2)cc1. The summed E-state index contributed by atoms with van der Waals surface area (Å²) >= 11 is 0. The normalized spacial score (nSPS) is 17.2. The first-order valence-corrected chi connectivity index (χ1v) is 8.88. The average molecular weight is 310 g/mol. The summed E-state index contributed by atoms with van der Waals surface area (Å²) < 4.78 is 26.7. The molecule has 1 aliphatic rings. The van der Waals surface area contributed by atoms with Gasteiger partial charge in [-0.25, -0.2) is 8.42 Å². The van der Waals surface area contributed by atoms with Crippen molar-refractivity contribution in [2.24, 2.45) is 0 Å². The molecule has 1 saturated heterocycles. The van der Waals surface area contributed by atoms with Crippen molar-refractivity contribution in [1.82, 2.24) is 9.62 Å². The standard InChI is InChI=1S/C15H22N2O3S/c1-2-16-15(18)13-7-9-14(10-8-13)21(19,20)17-11-5-3-4-6-12-17/h7-10H,2-6,11-12H2,1H3,(H,16,18). The smallest absolute Gasteiger partial charge is 0.251 e. The van der Waals surface area contributed by atoms with Gasteiger partial charge in [0.1, 0.15) is 0 Å². The predicted molar refractivity (Wildman–Crippen MR) is 81.7 cm³/mol. The zero-order valence-electron chi connectivity index (χ0n) is 12.3. The summed E-state index contributed by atoms with van der Waals surface area (Å²) in [5, 5.41) is 2.69. The number of benzene rings is 1. The van der Waals surface area contributed by atoms with Crippen molar-refractivity contribution in [3.05, 3.63) is 29.8 Å². The number of hydrogen-bond acceptors (Lipinski definition) is 3. The molecule has 0 spiro atoms. The lowest BCUT2D eigenvalue weighted by atomic mass is 10.2. The van der Waals surface area contributed by atoms with E-state index in [1.165, 1.54) is 12.1 Å². The van der Waals surface area contributed by atoms with E-state index < -0.39 is 10.0 Å². The lowest BCUT2D eigenvalue weighted by Gasteiger charge is -2.20. The van der Waals surface area contributed by atoms with Gasteiger partial charge in [0.2, 0.25) is 10.0 Å². The fourth-order valence-corrected chi connectivity index (χ4v) is 3.99. The van der Waals surface area contributed by atoms with E-state index >= 15 is 0 Å². The molecule has 0 bridgehead atoms. The second kappa shape index (κ2) is 7.04. The molecule has 21 heavy (non-hydrogen) atoms. The Morgan fingerprint density at radius 3 is 2.19 bits per heavy atom. The lowest BCUT2D eigenvalue weighted by molar-refractivity contribution is 0.0955. The Bertz CT molecular complexity index is 573. The second-order valence-electron chi connectivity index (χ2n) is 5.20. The van der Waals surface area contributed by atoms with Gasteiger partial charge in [0.05, 0.1) is 4.90 Å². The molecule has 1 fully saturated rings. The molecule has 0 unspecified atom stereocenters. The van der Waals surface area contributed by atoms with Crippen LogP contribution in [0.25, 0.3) is 0 Å². The van der Waals surface area contributed by atoms with Crippen molar-refractivity contribution in [2.75, 3.05) is 19.6 Å². The molecule has 0 radical (unpaired) electrons. The molecular formula is C15H22N2O3S. The molecule has 1 amide bonds. The van der Waals surface area contributed by atoms with E-state index in [0.717, 1.165) is 25.7 Å².